The van der Waals surface area contributed by atoms with Crippen LogP contribution in [0.2, 0.25) is 5.02 Å². The highest BCUT2D eigenvalue weighted by atomic mass is 35.5. The van der Waals surface area contributed by atoms with Gasteiger partial charge in [-0.05, 0) is 44.0 Å². The van der Waals surface area contributed by atoms with Crippen LogP contribution >= 0.6 is 11.6 Å². The van der Waals surface area contributed by atoms with Crippen molar-refractivity contribution < 1.29 is 14.3 Å². The van der Waals surface area contributed by atoms with E-state index < -0.39 is 6.04 Å². The number of rotatable bonds is 10. The topological polar surface area (TPSA) is 58.6 Å². The second-order valence-electron chi connectivity index (χ2n) is 7.07. The molecule has 29 heavy (non-hydrogen) atoms. The van der Waals surface area contributed by atoms with Gasteiger partial charge in [0.15, 0.2) is 6.61 Å². The summed E-state index contributed by atoms with van der Waals surface area (Å²) in [6, 6.07) is 14.2. The number of halogens is 1. The number of carbonyl (C=O) groups excluding carboxylic acids is 2. The van der Waals surface area contributed by atoms with Crippen LogP contribution in [0.3, 0.4) is 0 Å². The lowest BCUT2D eigenvalue weighted by Crippen LogP contribution is -2.49. The minimum atomic E-state index is -0.608. The van der Waals surface area contributed by atoms with Gasteiger partial charge in [0.05, 0.1) is 0 Å². The molecule has 0 heterocycles. The van der Waals surface area contributed by atoms with E-state index in [0.717, 1.165) is 24.0 Å². The molecule has 0 radical (unpaired) electrons. The number of hydrogen-bond acceptors (Lipinski definition) is 3. The molecule has 0 aliphatic rings. The van der Waals surface area contributed by atoms with E-state index in [1.165, 1.54) is 0 Å². The Kier molecular flexibility index (Phi) is 9.00. The van der Waals surface area contributed by atoms with E-state index in [4.69, 9.17) is 16.3 Å². The number of unbranched alkanes of at least 4 members (excludes halogenated alkanes) is 1. The van der Waals surface area contributed by atoms with Crippen molar-refractivity contribution in [1.82, 2.24) is 10.2 Å². The van der Waals surface area contributed by atoms with Crippen LogP contribution in [0, 0.1) is 6.92 Å². The normalized spacial score (nSPS) is 11.6. The summed E-state index contributed by atoms with van der Waals surface area (Å²) in [5.41, 5.74) is 2.10. The smallest absolute Gasteiger partial charge is 0.261 e. The number of hydrogen-bond donors (Lipinski definition) is 1. The van der Waals surface area contributed by atoms with Gasteiger partial charge in [-0.15, -0.1) is 0 Å². The molecule has 0 spiro atoms. The molecule has 0 saturated carbocycles. The first-order chi connectivity index (χ1) is 13.9. The highest BCUT2D eigenvalue weighted by Crippen LogP contribution is 2.18. The van der Waals surface area contributed by atoms with Crippen molar-refractivity contribution in [2.24, 2.45) is 0 Å². The second-order valence-corrected chi connectivity index (χ2v) is 7.51. The van der Waals surface area contributed by atoms with Crippen molar-refractivity contribution in [3.8, 4) is 5.75 Å². The summed E-state index contributed by atoms with van der Waals surface area (Å²) in [5.74, 6) is 0.0894. The number of nitrogens with zero attached hydrogens (tertiary/aromatic N) is 1. The van der Waals surface area contributed by atoms with Crippen LogP contribution < -0.4 is 10.1 Å². The van der Waals surface area contributed by atoms with Crippen LogP contribution in [0.25, 0.3) is 0 Å². The number of amides is 2. The number of nitrogens with one attached hydrogen (secondary N) is 1. The predicted molar refractivity (Wildman–Crippen MR) is 116 cm³/mol. The highest BCUT2D eigenvalue weighted by molar-refractivity contribution is 6.30. The molecule has 156 valence electrons. The van der Waals surface area contributed by atoms with E-state index in [2.05, 4.69) is 12.2 Å². The van der Waals surface area contributed by atoms with E-state index in [1.807, 2.05) is 31.2 Å². The molecule has 0 aliphatic carbocycles. The molecule has 2 rings (SSSR count). The first-order valence-electron chi connectivity index (χ1n) is 9.91. The zero-order chi connectivity index (χ0) is 21.2. The van der Waals surface area contributed by atoms with Gasteiger partial charge in [-0.25, -0.2) is 0 Å². The van der Waals surface area contributed by atoms with Crippen molar-refractivity contribution in [2.75, 3.05) is 13.2 Å². The quantitative estimate of drug-likeness (QED) is 0.585. The Morgan fingerprint density at radius 1 is 1.17 bits per heavy atom. The van der Waals surface area contributed by atoms with Crippen molar-refractivity contribution >= 4 is 23.4 Å². The minimum Gasteiger partial charge on any atom is -0.484 e. The molecule has 5 nitrogen and oxygen atoms in total. The fourth-order valence-corrected chi connectivity index (χ4v) is 2.97. The molecule has 2 aromatic carbocycles. The van der Waals surface area contributed by atoms with Crippen LogP contribution in [0.1, 0.15) is 37.8 Å². The first kappa shape index (κ1) is 22.8. The van der Waals surface area contributed by atoms with Crippen molar-refractivity contribution in [2.45, 2.75) is 46.2 Å². The summed E-state index contributed by atoms with van der Waals surface area (Å²) in [7, 11) is 0. The standard InChI is InChI=1S/C23H29ClN2O3/c1-4-5-13-25-23(28)18(3)26(15-19-11-9-17(2)10-12-19)22(27)16-29-21-8-6-7-20(24)14-21/h6-12,14,18H,4-5,13,15-16H2,1-3H3,(H,25,28). The van der Waals surface area contributed by atoms with Crippen LogP contribution in [0.4, 0.5) is 0 Å². The molecule has 0 aliphatic heterocycles. The lowest BCUT2D eigenvalue weighted by atomic mass is 10.1. The zero-order valence-corrected chi connectivity index (χ0v) is 18.0. The second kappa shape index (κ2) is 11.5. The average Bonchev–Trinajstić information content (AvgIpc) is 2.71. The fraction of sp³-hybridized carbons (Fsp3) is 0.391. The molecule has 6 heteroatoms. The maximum Gasteiger partial charge on any atom is 0.261 e. The lowest BCUT2D eigenvalue weighted by molar-refractivity contribution is -0.142. The number of aryl methyl sites for hydroxylation is 1. The van der Waals surface area contributed by atoms with Crippen LogP contribution in [0.15, 0.2) is 48.5 Å². The largest absolute Gasteiger partial charge is 0.484 e. The van der Waals surface area contributed by atoms with Gasteiger partial charge in [0.25, 0.3) is 5.91 Å². The van der Waals surface area contributed by atoms with E-state index in [0.29, 0.717) is 23.9 Å². The third-order valence-electron chi connectivity index (χ3n) is 4.63. The molecule has 2 aromatic rings. The van der Waals surface area contributed by atoms with Gasteiger partial charge in [-0.3, -0.25) is 9.59 Å². The Hall–Kier alpha value is -2.53. The lowest BCUT2D eigenvalue weighted by Gasteiger charge is -2.28. The molecule has 0 saturated heterocycles. The zero-order valence-electron chi connectivity index (χ0n) is 17.3. The van der Waals surface area contributed by atoms with Crippen molar-refractivity contribution in [1.29, 1.82) is 0 Å². The third kappa shape index (κ3) is 7.42. The minimum absolute atomic E-state index is 0.165. The maximum absolute atomic E-state index is 12.9. The summed E-state index contributed by atoms with van der Waals surface area (Å²) in [6.07, 6.45) is 1.90. The van der Waals surface area contributed by atoms with Gasteiger partial charge in [-0.1, -0.05) is 60.8 Å². The molecule has 0 aromatic heterocycles. The summed E-state index contributed by atoms with van der Waals surface area (Å²) in [5, 5.41) is 3.44. The molecular weight excluding hydrogens is 388 g/mol. The van der Waals surface area contributed by atoms with Crippen LogP contribution in [0.5, 0.6) is 5.75 Å². The van der Waals surface area contributed by atoms with E-state index in [-0.39, 0.29) is 18.4 Å². The van der Waals surface area contributed by atoms with Gasteiger partial charge >= 0.3 is 0 Å². The Bertz CT molecular complexity index is 808. The Morgan fingerprint density at radius 3 is 2.55 bits per heavy atom. The molecule has 1 atom stereocenters. The average molecular weight is 417 g/mol. The van der Waals surface area contributed by atoms with E-state index in [1.54, 1.807) is 36.1 Å². The number of benzene rings is 2. The van der Waals surface area contributed by atoms with Crippen LogP contribution in [-0.2, 0) is 16.1 Å². The molecular formula is C23H29ClN2O3. The Morgan fingerprint density at radius 2 is 1.90 bits per heavy atom. The Labute approximate surface area is 178 Å². The number of ether oxygens (including phenoxy) is 1. The molecule has 2 amide bonds. The van der Waals surface area contributed by atoms with Crippen molar-refractivity contribution in [3.63, 3.8) is 0 Å². The molecule has 0 fully saturated rings. The predicted octanol–water partition coefficient (Wildman–Crippen LogP) is 4.36. The monoisotopic (exact) mass is 416 g/mol. The summed E-state index contributed by atoms with van der Waals surface area (Å²) in [6.45, 7) is 6.59. The van der Waals surface area contributed by atoms with Gasteiger partial charge in [-0.2, -0.15) is 0 Å². The van der Waals surface area contributed by atoms with E-state index >= 15 is 0 Å². The summed E-state index contributed by atoms with van der Waals surface area (Å²) < 4.78 is 5.61. The first-order valence-corrected chi connectivity index (χ1v) is 10.3. The van der Waals surface area contributed by atoms with E-state index in [9.17, 15) is 9.59 Å². The summed E-state index contributed by atoms with van der Waals surface area (Å²) in [4.78, 5) is 27.1. The summed E-state index contributed by atoms with van der Waals surface area (Å²) >= 11 is 5.97. The van der Waals surface area contributed by atoms with Gasteiger partial charge < -0.3 is 15.0 Å². The SMILES string of the molecule is CCCCNC(=O)C(C)N(Cc1ccc(C)cc1)C(=O)COc1cccc(Cl)c1. The number of carbonyl (C=O) groups is 2. The maximum atomic E-state index is 12.9. The fourth-order valence-electron chi connectivity index (χ4n) is 2.79. The van der Waals surface area contributed by atoms with Gasteiger partial charge in [0.1, 0.15) is 11.8 Å². The van der Waals surface area contributed by atoms with Gasteiger partial charge in [0.2, 0.25) is 5.91 Å². The van der Waals surface area contributed by atoms with Crippen LogP contribution in [-0.4, -0.2) is 35.9 Å². The third-order valence-corrected chi connectivity index (χ3v) is 4.86. The highest BCUT2D eigenvalue weighted by Gasteiger charge is 2.26. The Balaban J connectivity index is 2.10. The molecule has 1 N–H and O–H groups in total. The molecule has 0 bridgehead atoms. The van der Waals surface area contributed by atoms with Gasteiger partial charge in [0, 0.05) is 18.1 Å². The molecule has 1 unspecified atom stereocenters. The van der Waals surface area contributed by atoms with Crippen molar-refractivity contribution in [3.05, 3.63) is 64.7 Å².